The van der Waals surface area contributed by atoms with E-state index in [2.05, 4.69) is 18.1 Å². The second-order valence-corrected chi connectivity index (χ2v) is 13.3. The lowest BCUT2D eigenvalue weighted by molar-refractivity contribution is -0.138. The number of nitrogens with zero attached hydrogens (tertiary/aromatic N) is 1. The van der Waals surface area contributed by atoms with E-state index in [4.69, 9.17) is 42.3 Å². The molecule has 0 bridgehead atoms. The fourth-order valence-electron chi connectivity index (χ4n) is 5.40. The molecule has 0 amide bonds. The van der Waals surface area contributed by atoms with Gasteiger partial charge in [-0.2, -0.15) is 0 Å². The average Bonchev–Trinajstić information content (AvgIpc) is 3.27. The number of carbonyl (C=O) groups excluding carboxylic acids is 6. The molecule has 1 heterocycles. The number of carbonyl (C=O) groups is 6. The van der Waals surface area contributed by atoms with Crippen LogP contribution in [0.15, 0.2) is 113 Å². The molecule has 0 fully saturated rings. The Labute approximate surface area is 359 Å². The van der Waals surface area contributed by atoms with E-state index >= 15 is 0 Å². The Morgan fingerprint density at radius 2 is 1.03 bits per heavy atom. The van der Waals surface area contributed by atoms with Gasteiger partial charge in [0, 0.05) is 17.7 Å². The van der Waals surface area contributed by atoms with Gasteiger partial charge < -0.3 is 42.3 Å². The molecular formula is C46H41NO16. The standard InChI is InChI=1S/C46H41NO16/c1-5-39(48)55-21-7-9-23-57-45(53)59-33-16-11-30(12-17-33)42(50)61-37-20-15-32(25-28(37)3)41-47-36-26-29(4)38(27-35(36)44(52)63-41)62-43(51)31-13-18-34(19-14-31)60-46(54)58-24-10-8-22-56-40(49)6-2/h5-6,11-20,25-27H,1-2,7-10,21-24H2,3-4H3. The Bertz CT molecular complexity index is 2560. The molecule has 0 aliphatic carbocycles. The average molecular weight is 864 g/mol. The van der Waals surface area contributed by atoms with Crippen LogP contribution in [0.25, 0.3) is 22.4 Å². The number of esters is 4. The number of unbranched alkanes of at least 4 members (excludes halogenated alkanes) is 2. The summed E-state index contributed by atoms with van der Waals surface area (Å²) in [6, 6.07) is 18.9. The van der Waals surface area contributed by atoms with Crippen LogP contribution in [0.5, 0.6) is 23.0 Å². The minimum absolute atomic E-state index is 0.00140. The Morgan fingerprint density at radius 3 is 1.51 bits per heavy atom. The van der Waals surface area contributed by atoms with Gasteiger partial charge in [-0.15, -0.1) is 0 Å². The van der Waals surface area contributed by atoms with Crippen LogP contribution in [0, 0.1) is 13.8 Å². The summed E-state index contributed by atoms with van der Waals surface area (Å²) in [6.45, 7) is 10.4. The van der Waals surface area contributed by atoms with E-state index < -0.39 is 41.8 Å². The summed E-state index contributed by atoms with van der Waals surface area (Å²) in [5.74, 6) is -1.90. The number of rotatable bonds is 19. The molecule has 5 aromatic rings. The first-order valence-electron chi connectivity index (χ1n) is 19.3. The van der Waals surface area contributed by atoms with Gasteiger partial charge in [0.15, 0.2) is 0 Å². The first-order chi connectivity index (χ1) is 30.3. The normalized spacial score (nSPS) is 10.5. The van der Waals surface area contributed by atoms with E-state index in [1.165, 1.54) is 60.7 Å². The topological polar surface area (TPSA) is 219 Å². The third-order valence-corrected chi connectivity index (χ3v) is 8.67. The van der Waals surface area contributed by atoms with Crippen molar-refractivity contribution in [1.82, 2.24) is 4.98 Å². The molecular weight excluding hydrogens is 822 g/mol. The van der Waals surface area contributed by atoms with Gasteiger partial charge in [0.2, 0.25) is 5.89 Å². The van der Waals surface area contributed by atoms with Gasteiger partial charge in [-0.05, 0) is 130 Å². The van der Waals surface area contributed by atoms with Crippen LogP contribution in [0.4, 0.5) is 9.59 Å². The SMILES string of the molecule is C=CC(=O)OCCCCOC(=O)Oc1ccc(C(=O)Oc2ccc(-c3nc4cc(C)c(OC(=O)c5ccc(OC(=O)OCCCCOC(=O)C=C)cc5)cc4c(=O)o3)cc2C)cc1. The summed E-state index contributed by atoms with van der Waals surface area (Å²) >= 11 is 0. The van der Waals surface area contributed by atoms with Gasteiger partial charge >= 0.3 is 41.8 Å². The molecule has 326 valence electrons. The maximum atomic E-state index is 13.2. The second kappa shape index (κ2) is 22.5. The van der Waals surface area contributed by atoms with Crippen LogP contribution in [0.3, 0.4) is 0 Å². The molecule has 0 N–H and O–H groups in total. The molecule has 0 spiro atoms. The van der Waals surface area contributed by atoms with E-state index in [9.17, 15) is 33.6 Å². The smallest absolute Gasteiger partial charge is 0.463 e. The van der Waals surface area contributed by atoms with Gasteiger partial charge in [0.25, 0.3) is 0 Å². The first-order valence-corrected chi connectivity index (χ1v) is 19.3. The van der Waals surface area contributed by atoms with Crippen molar-refractivity contribution in [3.63, 3.8) is 0 Å². The highest BCUT2D eigenvalue weighted by atomic mass is 16.7. The van der Waals surface area contributed by atoms with Crippen LogP contribution >= 0.6 is 0 Å². The van der Waals surface area contributed by atoms with E-state index in [-0.39, 0.29) is 77.3 Å². The van der Waals surface area contributed by atoms with Gasteiger partial charge in [0.05, 0.1) is 48.5 Å². The molecule has 0 radical (unpaired) electrons. The zero-order valence-electron chi connectivity index (χ0n) is 34.2. The first kappa shape index (κ1) is 46.0. The highest BCUT2D eigenvalue weighted by Gasteiger charge is 2.18. The van der Waals surface area contributed by atoms with Gasteiger partial charge in [-0.1, -0.05) is 13.2 Å². The van der Waals surface area contributed by atoms with Crippen LogP contribution in [-0.2, 0) is 28.5 Å². The minimum Gasteiger partial charge on any atom is -0.463 e. The van der Waals surface area contributed by atoms with E-state index in [0.717, 1.165) is 12.2 Å². The van der Waals surface area contributed by atoms with Crippen molar-refractivity contribution in [1.29, 1.82) is 0 Å². The number of hydrogen-bond acceptors (Lipinski definition) is 17. The Morgan fingerprint density at radius 1 is 0.571 bits per heavy atom. The number of aryl methyl sites for hydroxylation is 2. The summed E-state index contributed by atoms with van der Waals surface area (Å²) in [5.41, 5.74) is 1.30. The van der Waals surface area contributed by atoms with E-state index in [0.29, 0.717) is 42.4 Å². The summed E-state index contributed by atoms with van der Waals surface area (Å²) in [4.78, 5) is 89.7. The summed E-state index contributed by atoms with van der Waals surface area (Å²) in [5, 5.41) is 0.0588. The third kappa shape index (κ3) is 13.7. The highest BCUT2D eigenvalue weighted by molar-refractivity contribution is 5.93. The number of aromatic nitrogens is 1. The molecule has 4 aromatic carbocycles. The second-order valence-electron chi connectivity index (χ2n) is 13.3. The fraction of sp³-hybridized carbons (Fsp3) is 0.217. The lowest BCUT2D eigenvalue weighted by Crippen LogP contribution is -2.13. The molecule has 63 heavy (non-hydrogen) atoms. The monoisotopic (exact) mass is 863 g/mol. The molecule has 17 nitrogen and oxygen atoms in total. The van der Waals surface area contributed by atoms with Crippen LogP contribution in [-0.4, -0.2) is 67.6 Å². The quantitative estimate of drug-likeness (QED) is 0.0192. The molecule has 0 saturated heterocycles. The molecule has 5 rings (SSSR count). The molecule has 0 saturated carbocycles. The third-order valence-electron chi connectivity index (χ3n) is 8.67. The summed E-state index contributed by atoms with van der Waals surface area (Å²) in [6.07, 6.45) is 2.08. The molecule has 0 atom stereocenters. The number of benzene rings is 4. The van der Waals surface area contributed by atoms with Crippen molar-refractivity contribution in [2.24, 2.45) is 0 Å². The number of fused-ring (bicyclic) bond motifs is 1. The van der Waals surface area contributed by atoms with Crippen LogP contribution in [0.1, 0.15) is 57.5 Å². The summed E-state index contributed by atoms with van der Waals surface area (Å²) in [7, 11) is 0. The lowest BCUT2D eigenvalue weighted by atomic mass is 10.1. The van der Waals surface area contributed by atoms with E-state index in [1.807, 2.05) is 0 Å². The van der Waals surface area contributed by atoms with Crippen molar-refractivity contribution >= 4 is 47.1 Å². The van der Waals surface area contributed by atoms with Crippen molar-refractivity contribution in [2.75, 3.05) is 26.4 Å². The molecule has 0 unspecified atom stereocenters. The predicted molar refractivity (Wildman–Crippen MR) is 223 cm³/mol. The van der Waals surface area contributed by atoms with Gasteiger partial charge in [-0.3, -0.25) is 0 Å². The predicted octanol–water partition coefficient (Wildman–Crippen LogP) is 7.96. The maximum Gasteiger partial charge on any atom is 0.513 e. The lowest BCUT2D eigenvalue weighted by Gasteiger charge is -2.11. The number of ether oxygens (including phenoxy) is 8. The zero-order valence-corrected chi connectivity index (χ0v) is 34.2. The maximum absolute atomic E-state index is 13.2. The van der Waals surface area contributed by atoms with Crippen molar-refractivity contribution < 1.29 is 71.1 Å². The van der Waals surface area contributed by atoms with Crippen molar-refractivity contribution in [3.8, 4) is 34.5 Å². The van der Waals surface area contributed by atoms with Crippen molar-refractivity contribution in [2.45, 2.75) is 39.5 Å². The molecule has 0 aliphatic heterocycles. The van der Waals surface area contributed by atoms with Crippen LogP contribution in [0.2, 0.25) is 0 Å². The Balaban J connectivity index is 1.13. The fourth-order valence-corrected chi connectivity index (χ4v) is 5.40. The van der Waals surface area contributed by atoms with Crippen molar-refractivity contribution in [3.05, 3.63) is 137 Å². The highest BCUT2D eigenvalue weighted by Crippen LogP contribution is 2.29. The molecule has 17 heteroatoms. The molecule has 0 aliphatic rings. The van der Waals surface area contributed by atoms with E-state index in [1.54, 1.807) is 32.0 Å². The van der Waals surface area contributed by atoms with Gasteiger partial charge in [0.1, 0.15) is 23.0 Å². The zero-order chi connectivity index (χ0) is 45.3. The van der Waals surface area contributed by atoms with Gasteiger partial charge in [-0.25, -0.2) is 38.5 Å². The Kier molecular flexibility index (Phi) is 16.4. The largest absolute Gasteiger partial charge is 0.513 e. The Hall–Kier alpha value is -8.08. The number of hydrogen-bond donors (Lipinski definition) is 0. The minimum atomic E-state index is -0.948. The summed E-state index contributed by atoms with van der Waals surface area (Å²) < 4.78 is 46.7. The van der Waals surface area contributed by atoms with Crippen LogP contribution < -0.4 is 24.6 Å². The molecule has 1 aromatic heterocycles.